The summed E-state index contributed by atoms with van der Waals surface area (Å²) in [7, 11) is 0. The van der Waals surface area contributed by atoms with Gasteiger partial charge < -0.3 is 0 Å². The molecule has 0 N–H and O–H groups in total. The third-order valence-electron chi connectivity index (χ3n) is 2.27. The highest BCUT2D eigenvalue weighted by atomic mass is 79.9. The Hall–Kier alpha value is 0.700. The van der Waals surface area contributed by atoms with Crippen molar-refractivity contribution in [2.75, 3.05) is 0 Å². The molecule has 1 fully saturated rings. The van der Waals surface area contributed by atoms with Gasteiger partial charge in [-0.3, -0.25) is 0 Å². The highest BCUT2D eigenvalue weighted by Crippen LogP contribution is 2.46. The van der Waals surface area contributed by atoms with Gasteiger partial charge in [0.1, 0.15) is 0 Å². The largest absolute Gasteiger partial charge is 0.0872 e. The molecule has 0 aromatic carbocycles. The second-order valence-electron chi connectivity index (χ2n) is 2.84. The normalized spacial score (nSPS) is 54.9. The quantitative estimate of drug-likeness (QED) is 0.459. The van der Waals surface area contributed by atoms with Crippen LogP contribution in [0.2, 0.25) is 0 Å². The van der Waals surface area contributed by atoms with Gasteiger partial charge in [-0.2, -0.15) is 0 Å². The maximum absolute atomic E-state index is 3.66. The molecule has 0 heterocycles. The first-order valence-electron chi connectivity index (χ1n) is 3.25. The highest BCUT2D eigenvalue weighted by molar-refractivity contribution is 9.12. The minimum absolute atomic E-state index is 0.687. The first-order valence-corrected chi connectivity index (χ1v) is 5.08. The summed E-state index contributed by atoms with van der Waals surface area (Å²) in [6, 6.07) is 0. The molecule has 0 spiro atoms. The Bertz CT molecular complexity index is 137. The molecule has 0 saturated heterocycles. The van der Waals surface area contributed by atoms with Crippen LogP contribution in [-0.4, -0.2) is 9.65 Å². The molecule has 9 heavy (non-hydrogen) atoms. The lowest BCUT2D eigenvalue weighted by Crippen LogP contribution is -2.18. The fourth-order valence-corrected chi connectivity index (χ4v) is 3.27. The van der Waals surface area contributed by atoms with Crippen LogP contribution in [0.5, 0.6) is 0 Å². The summed E-state index contributed by atoms with van der Waals surface area (Å²) in [5.74, 6) is 1.61. The van der Waals surface area contributed by atoms with Gasteiger partial charge in [-0.25, -0.2) is 0 Å². The van der Waals surface area contributed by atoms with E-state index in [1.54, 1.807) is 0 Å². The van der Waals surface area contributed by atoms with Gasteiger partial charge in [0.05, 0.1) is 0 Å². The van der Waals surface area contributed by atoms with Crippen molar-refractivity contribution in [3.05, 3.63) is 12.2 Å². The van der Waals surface area contributed by atoms with E-state index in [4.69, 9.17) is 0 Å². The van der Waals surface area contributed by atoms with Gasteiger partial charge in [0.2, 0.25) is 0 Å². The molecule has 2 aliphatic carbocycles. The molecule has 2 bridgehead atoms. The maximum Gasteiger partial charge on any atom is 0.0339 e. The summed E-state index contributed by atoms with van der Waals surface area (Å²) >= 11 is 7.33. The van der Waals surface area contributed by atoms with Crippen molar-refractivity contribution in [1.82, 2.24) is 0 Å². The Balaban J connectivity index is 2.26. The van der Waals surface area contributed by atoms with Gasteiger partial charge >= 0.3 is 0 Å². The van der Waals surface area contributed by atoms with Crippen molar-refractivity contribution in [1.29, 1.82) is 0 Å². The van der Waals surface area contributed by atoms with E-state index < -0.39 is 0 Å². The van der Waals surface area contributed by atoms with E-state index in [1.165, 1.54) is 6.42 Å². The Kier molecular flexibility index (Phi) is 1.49. The zero-order chi connectivity index (χ0) is 6.43. The third-order valence-corrected chi connectivity index (χ3v) is 5.48. The van der Waals surface area contributed by atoms with Crippen LogP contribution in [0.15, 0.2) is 12.2 Å². The van der Waals surface area contributed by atoms with E-state index in [1.807, 2.05) is 0 Å². The Morgan fingerprint density at radius 1 is 1.00 bits per heavy atom. The zero-order valence-corrected chi connectivity index (χ0v) is 8.10. The van der Waals surface area contributed by atoms with E-state index in [2.05, 4.69) is 44.0 Å². The highest BCUT2D eigenvalue weighted by Gasteiger charge is 2.41. The molecule has 0 amide bonds. The molecule has 4 atom stereocenters. The van der Waals surface area contributed by atoms with Crippen LogP contribution in [0.1, 0.15) is 6.42 Å². The standard InChI is InChI=1S/C7H8Br2/c8-6-4-1-2-5(3-4)7(6)9/h1-2,4-7H,3H2. The number of hydrogen-bond donors (Lipinski definition) is 0. The molecule has 1 saturated carbocycles. The van der Waals surface area contributed by atoms with Crippen LogP contribution < -0.4 is 0 Å². The molecular formula is C7H8Br2. The number of allylic oxidation sites excluding steroid dienone is 2. The molecule has 0 radical (unpaired) electrons. The fourth-order valence-electron chi connectivity index (χ4n) is 1.70. The van der Waals surface area contributed by atoms with Crippen LogP contribution >= 0.6 is 31.9 Å². The molecular weight excluding hydrogens is 244 g/mol. The number of hydrogen-bond acceptors (Lipinski definition) is 0. The predicted molar refractivity (Wildman–Crippen MR) is 46.2 cm³/mol. The smallest absolute Gasteiger partial charge is 0.0339 e. The number of fused-ring (bicyclic) bond motifs is 2. The summed E-state index contributed by atoms with van der Waals surface area (Å²) in [4.78, 5) is 1.37. The van der Waals surface area contributed by atoms with Crippen molar-refractivity contribution >= 4 is 31.9 Å². The Labute approximate surface area is 72.0 Å². The van der Waals surface area contributed by atoms with Crippen molar-refractivity contribution in [2.24, 2.45) is 11.8 Å². The number of rotatable bonds is 0. The monoisotopic (exact) mass is 250 g/mol. The van der Waals surface area contributed by atoms with E-state index in [9.17, 15) is 0 Å². The molecule has 2 aliphatic rings. The van der Waals surface area contributed by atoms with Gasteiger partial charge in [0.25, 0.3) is 0 Å². The average molecular weight is 252 g/mol. The van der Waals surface area contributed by atoms with Crippen molar-refractivity contribution in [2.45, 2.75) is 16.1 Å². The van der Waals surface area contributed by atoms with E-state index in [-0.39, 0.29) is 0 Å². The first-order chi connectivity index (χ1) is 4.29. The summed E-state index contributed by atoms with van der Waals surface area (Å²) < 4.78 is 0. The topological polar surface area (TPSA) is 0 Å². The number of halogens is 2. The second kappa shape index (κ2) is 2.09. The Morgan fingerprint density at radius 2 is 1.44 bits per heavy atom. The van der Waals surface area contributed by atoms with Gasteiger partial charge in [-0.05, 0) is 18.3 Å². The molecule has 50 valence electrons. The van der Waals surface area contributed by atoms with Crippen molar-refractivity contribution in [3.8, 4) is 0 Å². The molecule has 0 aromatic rings. The van der Waals surface area contributed by atoms with Crippen LogP contribution in [0.25, 0.3) is 0 Å². The van der Waals surface area contributed by atoms with Gasteiger partial charge in [0.15, 0.2) is 0 Å². The van der Waals surface area contributed by atoms with Crippen LogP contribution in [0.4, 0.5) is 0 Å². The lowest BCUT2D eigenvalue weighted by Gasteiger charge is -2.16. The molecule has 0 aliphatic heterocycles. The van der Waals surface area contributed by atoms with E-state index >= 15 is 0 Å². The van der Waals surface area contributed by atoms with Crippen LogP contribution in [0.3, 0.4) is 0 Å². The summed E-state index contributed by atoms with van der Waals surface area (Å²) in [6.07, 6.45) is 6.02. The van der Waals surface area contributed by atoms with E-state index in [0.717, 1.165) is 11.8 Å². The Morgan fingerprint density at radius 3 is 1.67 bits per heavy atom. The van der Waals surface area contributed by atoms with Gasteiger partial charge in [-0.15, -0.1) is 0 Å². The lowest BCUT2D eigenvalue weighted by atomic mass is 10.1. The molecule has 2 rings (SSSR count). The van der Waals surface area contributed by atoms with Crippen molar-refractivity contribution < 1.29 is 0 Å². The average Bonchev–Trinajstić information content (AvgIpc) is 2.37. The third kappa shape index (κ3) is 0.829. The molecule has 0 aromatic heterocycles. The lowest BCUT2D eigenvalue weighted by molar-refractivity contribution is 0.699. The maximum atomic E-state index is 3.66. The SMILES string of the molecule is BrC1C2C=CC(C2)C1Br. The first kappa shape index (κ1) is 6.41. The van der Waals surface area contributed by atoms with Gasteiger partial charge in [0, 0.05) is 9.65 Å². The number of alkyl halides is 2. The van der Waals surface area contributed by atoms with Crippen molar-refractivity contribution in [3.63, 3.8) is 0 Å². The molecule has 0 nitrogen and oxygen atoms in total. The predicted octanol–water partition coefficient (Wildman–Crippen LogP) is 2.72. The molecule has 4 unspecified atom stereocenters. The second-order valence-corrected chi connectivity index (χ2v) is 4.95. The van der Waals surface area contributed by atoms with Crippen LogP contribution in [-0.2, 0) is 0 Å². The fraction of sp³-hybridized carbons (Fsp3) is 0.714. The summed E-state index contributed by atoms with van der Waals surface area (Å²) in [5, 5.41) is 0. The van der Waals surface area contributed by atoms with Crippen LogP contribution in [0, 0.1) is 11.8 Å². The minimum atomic E-state index is 0.687. The summed E-state index contributed by atoms with van der Waals surface area (Å²) in [5.41, 5.74) is 0. The summed E-state index contributed by atoms with van der Waals surface area (Å²) in [6.45, 7) is 0. The molecule has 2 heteroatoms. The van der Waals surface area contributed by atoms with Gasteiger partial charge in [-0.1, -0.05) is 44.0 Å². The van der Waals surface area contributed by atoms with E-state index in [0.29, 0.717) is 9.65 Å². The minimum Gasteiger partial charge on any atom is -0.0872 e. The zero-order valence-electron chi connectivity index (χ0n) is 4.93.